The van der Waals surface area contributed by atoms with Crippen molar-refractivity contribution in [3.8, 4) is 5.75 Å². The molecule has 1 aromatic carbocycles. The second-order valence-corrected chi connectivity index (χ2v) is 6.19. The van der Waals surface area contributed by atoms with Crippen LogP contribution in [-0.2, 0) is 20.1 Å². The monoisotopic (exact) mass is 317 g/mol. The lowest BCUT2D eigenvalue weighted by Crippen LogP contribution is -2.41. The second-order valence-electron chi connectivity index (χ2n) is 6.19. The molecule has 126 valence electrons. The summed E-state index contributed by atoms with van der Waals surface area (Å²) < 4.78 is 7.10. The number of aryl methyl sites for hydroxylation is 1. The number of aliphatic hydroxyl groups is 1. The van der Waals surface area contributed by atoms with Crippen LogP contribution in [0.4, 0.5) is 0 Å². The molecule has 5 heteroatoms. The molecule has 0 radical (unpaired) electrons. The summed E-state index contributed by atoms with van der Waals surface area (Å²) in [6.45, 7) is 5.96. The van der Waals surface area contributed by atoms with Crippen LogP contribution in [-0.4, -0.2) is 39.5 Å². The number of aromatic nitrogens is 2. The third kappa shape index (κ3) is 4.56. The molecule has 0 saturated heterocycles. The topological polar surface area (TPSA) is 50.5 Å². The van der Waals surface area contributed by atoms with Gasteiger partial charge < -0.3 is 9.84 Å². The number of rotatable bonds is 8. The molecule has 23 heavy (non-hydrogen) atoms. The lowest BCUT2D eigenvalue weighted by molar-refractivity contribution is 0.0764. The summed E-state index contributed by atoms with van der Waals surface area (Å²) in [5.41, 5.74) is 2.34. The van der Waals surface area contributed by atoms with E-state index in [1.54, 1.807) is 7.11 Å². The van der Waals surface area contributed by atoms with E-state index in [2.05, 4.69) is 36.0 Å². The zero-order valence-electron chi connectivity index (χ0n) is 14.4. The molecular formula is C18H27N3O2. The zero-order chi connectivity index (χ0) is 16.8. The number of hydrogen-bond acceptors (Lipinski definition) is 4. The zero-order valence-corrected chi connectivity index (χ0v) is 14.4. The Balaban J connectivity index is 2.19. The molecule has 5 nitrogen and oxygen atoms in total. The molecule has 0 unspecified atom stereocenters. The summed E-state index contributed by atoms with van der Waals surface area (Å²) in [4.78, 5) is 2.31. The van der Waals surface area contributed by atoms with E-state index < -0.39 is 0 Å². The van der Waals surface area contributed by atoms with E-state index in [1.165, 1.54) is 5.56 Å². The van der Waals surface area contributed by atoms with E-state index in [-0.39, 0.29) is 12.6 Å². The maximum Gasteiger partial charge on any atom is 0.118 e. The van der Waals surface area contributed by atoms with Gasteiger partial charge in [-0.05, 0) is 29.7 Å². The molecule has 1 heterocycles. The van der Waals surface area contributed by atoms with Gasteiger partial charge in [0.25, 0.3) is 0 Å². The largest absolute Gasteiger partial charge is 0.497 e. The molecule has 0 aliphatic heterocycles. The van der Waals surface area contributed by atoms with Gasteiger partial charge in [-0.3, -0.25) is 9.58 Å². The first kappa shape index (κ1) is 17.5. The Morgan fingerprint density at radius 3 is 2.35 bits per heavy atom. The van der Waals surface area contributed by atoms with Crippen LogP contribution in [0.1, 0.15) is 25.1 Å². The summed E-state index contributed by atoms with van der Waals surface area (Å²) in [7, 11) is 3.62. The van der Waals surface area contributed by atoms with E-state index >= 15 is 0 Å². The standard InChI is InChI=1S/C18H27N3O2/c1-14(2)18(13-22)21(12-16-9-10-19-20(16)3)11-15-5-7-17(23-4)8-6-15/h5-10,14,18,22H,11-13H2,1-4H3/t18-/m1/s1. The predicted molar refractivity (Wildman–Crippen MR) is 91.2 cm³/mol. The highest BCUT2D eigenvalue weighted by atomic mass is 16.5. The number of methoxy groups -OCH3 is 1. The molecule has 0 fully saturated rings. The minimum atomic E-state index is 0.104. The maximum atomic E-state index is 9.84. The number of aliphatic hydroxyl groups excluding tert-OH is 1. The Labute approximate surface area is 138 Å². The number of benzene rings is 1. The van der Waals surface area contributed by atoms with Gasteiger partial charge in [-0.1, -0.05) is 26.0 Å². The second kappa shape index (κ2) is 8.13. The van der Waals surface area contributed by atoms with Crippen molar-refractivity contribution in [2.24, 2.45) is 13.0 Å². The molecule has 0 aliphatic rings. The fraction of sp³-hybridized carbons (Fsp3) is 0.500. The van der Waals surface area contributed by atoms with Gasteiger partial charge in [-0.25, -0.2) is 0 Å². The summed E-state index contributed by atoms with van der Waals surface area (Å²) in [6, 6.07) is 10.2. The highest BCUT2D eigenvalue weighted by Gasteiger charge is 2.22. The third-order valence-corrected chi connectivity index (χ3v) is 4.26. The first-order valence-corrected chi connectivity index (χ1v) is 8.00. The van der Waals surface area contributed by atoms with Gasteiger partial charge in [-0.15, -0.1) is 0 Å². The van der Waals surface area contributed by atoms with Crippen LogP contribution in [0.25, 0.3) is 0 Å². The molecule has 2 aromatic rings. The van der Waals surface area contributed by atoms with Crippen molar-refractivity contribution < 1.29 is 9.84 Å². The average molecular weight is 317 g/mol. The molecule has 0 bridgehead atoms. The Bertz CT molecular complexity index is 593. The van der Waals surface area contributed by atoms with E-state index in [4.69, 9.17) is 4.74 Å². The van der Waals surface area contributed by atoms with E-state index in [0.717, 1.165) is 24.5 Å². The first-order chi connectivity index (χ1) is 11.0. The number of hydrogen-bond donors (Lipinski definition) is 1. The van der Waals surface area contributed by atoms with Gasteiger partial charge in [-0.2, -0.15) is 5.10 Å². The van der Waals surface area contributed by atoms with E-state index in [9.17, 15) is 5.11 Å². The fourth-order valence-corrected chi connectivity index (χ4v) is 2.77. The lowest BCUT2D eigenvalue weighted by atomic mass is 10.0. The summed E-state index contributed by atoms with van der Waals surface area (Å²) >= 11 is 0. The molecule has 0 saturated carbocycles. The summed E-state index contributed by atoms with van der Waals surface area (Å²) in [5.74, 6) is 1.22. The van der Waals surface area contributed by atoms with Crippen molar-refractivity contribution >= 4 is 0 Å². The fourth-order valence-electron chi connectivity index (χ4n) is 2.77. The van der Waals surface area contributed by atoms with Crippen molar-refractivity contribution in [3.05, 3.63) is 47.8 Å². The van der Waals surface area contributed by atoms with Crippen LogP contribution in [0.2, 0.25) is 0 Å². The van der Waals surface area contributed by atoms with Crippen molar-refractivity contribution in [1.29, 1.82) is 0 Å². The van der Waals surface area contributed by atoms with Crippen LogP contribution >= 0.6 is 0 Å². The Morgan fingerprint density at radius 1 is 1.17 bits per heavy atom. The average Bonchev–Trinajstić information content (AvgIpc) is 2.93. The smallest absolute Gasteiger partial charge is 0.118 e. The van der Waals surface area contributed by atoms with E-state index in [1.807, 2.05) is 36.1 Å². The SMILES string of the molecule is COc1ccc(CN(Cc2ccnn2C)[C@H](CO)C(C)C)cc1. The Morgan fingerprint density at radius 2 is 1.87 bits per heavy atom. The van der Waals surface area contributed by atoms with Crippen LogP contribution < -0.4 is 4.74 Å². The van der Waals surface area contributed by atoms with Crippen molar-refractivity contribution in [2.75, 3.05) is 13.7 Å². The predicted octanol–water partition coefficient (Wildman–Crippen LogP) is 2.45. The van der Waals surface area contributed by atoms with Crippen LogP contribution in [0.5, 0.6) is 5.75 Å². The molecule has 0 aliphatic carbocycles. The summed E-state index contributed by atoms with van der Waals surface area (Å²) in [6.07, 6.45) is 1.81. The normalized spacial score (nSPS) is 12.8. The molecule has 1 aromatic heterocycles. The number of nitrogens with zero attached hydrogens (tertiary/aromatic N) is 3. The maximum absolute atomic E-state index is 9.84. The molecule has 0 spiro atoms. The molecular weight excluding hydrogens is 290 g/mol. The minimum Gasteiger partial charge on any atom is -0.497 e. The van der Waals surface area contributed by atoms with Gasteiger partial charge in [0.15, 0.2) is 0 Å². The van der Waals surface area contributed by atoms with E-state index in [0.29, 0.717) is 5.92 Å². The molecule has 0 amide bonds. The Hall–Kier alpha value is -1.85. The van der Waals surface area contributed by atoms with Crippen LogP contribution in [0.15, 0.2) is 36.5 Å². The van der Waals surface area contributed by atoms with Crippen LogP contribution in [0.3, 0.4) is 0 Å². The van der Waals surface area contributed by atoms with Gasteiger partial charge in [0, 0.05) is 32.4 Å². The van der Waals surface area contributed by atoms with Crippen molar-refractivity contribution in [2.45, 2.75) is 33.0 Å². The van der Waals surface area contributed by atoms with Crippen molar-refractivity contribution in [1.82, 2.24) is 14.7 Å². The van der Waals surface area contributed by atoms with Gasteiger partial charge >= 0.3 is 0 Å². The number of ether oxygens (including phenoxy) is 1. The van der Waals surface area contributed by atoms with Crippen LogP contribution in [0, 0.1) is 5.92 Å². The lowest BCUT2D eigenvalue weighted by Gasteiger charge is -2.33. The summed E-state index contributed by atoms with van der Waals surface area (Å²) in [5, 5.41) is 14.1. The molecule has 1 N–H and O–H groups in total. The van der Waals surface area contributed by atoms with Crippen molar-refractivity contribution in [3.63, 3.8) is 0 Å². The van der Waals surface area contributed by atoms with Gasteiger partial charge in [0.05, 0.1) is 19.4 Å². The quantitative estimate of drug-likeness (QED) is 0.812. The Kier molecular flexibility index (Phi) is 6.19. The van der Waals surface area contributed by atoms with Gasteiger partial charge in [0.2, 0.25) is 0 Å². The van der Waals surface area contributed by atoms with Gasteiger partial charge in [0.1, 0.15) is 5.75 Å². The molecule has 2 rings (SSSR count). The highest BCUT2D eigenvalue weighted by molar-refractivity contribution is 5.27. The highest BCUT2D eigenvalue weighted by Crippen LogP contribution is 2.19. The molecule has 1 atom stereocenters. The third-order valence-electron chi connectivity index (χ3n) is 4.26. The minimum absolute atomic E-state index is 0.104. The first-order valence-electron chi connectivity index (χ1n) is 8.00.